The molecule has 0 radical (unpaired) electrons. The Morgan fingerprint density at radius 1 is 1.07 bits per heavy atom. The normalized spacial score (nSPS) is 11.3. The van der Waals surface area contributed by atoms with Gasteiger partial charge in [0.25, 0.3) is 0 Å². The molecular weight excluding hydrogens is 343 g/mol. The lowest BCUT2D eigenvalue weighted by atomic mass is 10.1. The Morgan fingerprint density at radius 3 is 2.67 bits per heavy atom. The summed E-state index contributed by atoms with van der Waals surface area (Å²) < 4.78 is 15.0. The van der Waals surface area contributed by atoms with Crippen molar-refractivity contribution in [3.8, 4) is 11.3 Å². The number of fused-ring (bicyclic) bond motifs is 1. The van der Waals surface area contributed by atoms with Gasteiger partial charge in [-0.25, -0.2) is 14.4 Å². The molecule has 0 aliphatic rings. The molecule has 3 aromatic heterocycles. The van der Waals surface area contributed by atoms with Crippen LogP contribution in [0.3, 0.4) is 0 Å². The summed E-state index contributed by atoms with van der Waals surface area (Å²) in [5.41, 5.74) is 3.48. The largest absolute Gasteiger partial charge is 0.352 e. The van der Waals surface area contributed by atoms with Crippen LogP contribution in [0.15, 0.2) is 54.9 Å². The van der Waals surface area contributed by atoms with Gasteiger partial charge in [-0.05, 0) is 49.7 Å². The molecule has 1 N–H and O–H groups in total. The van der Waals surface area contributed by atoms with Crippen molar-refractivity contribution in [2.75, 3.05) is 5.32 Å². The highest BCUT2D eigenvalue weighted by molar-refractivity contribution is 5.64. The zero-order chi connectivity index (χ0) is 18.8. The highest BCUT2D eigenvalue weighted by atomic mass is 19.1. The molecule has 0 atom stereocenters. The number of benzene rings is 1. The van der Waals surface area contributed by atoms with Gasteiger partial charge in [0.2, 0.25) is 5.95 Å². The minimum atomic E-state index is -0.245. The first kappa shape index (κ1) is 17.1. The van der Waals surface area contributed by atoms with E-state index in [-0.39, 0.29) is 11.9 Å². The van der Waals surface area contributed by atoms with Crippen LogP contribution in [-0.2, 0) is 6.42 Å². The maximum atomic E-state index is 13.1. The lowest BCUT2D eigenvalue weighted by molar-refractivity contribution is 0.627. The highest BCUT2D eigenvalue weighted by Crippen LogP contribution is 2.20. The minimum absolute atomic E-state index is 0.245. The monoisotopic (exact) mass is 362 g/mol. The van der Waals surface area contributed by atoms with Gasteiger partial charge in [-0.15, -0.1) is 10.2 Å². The second kappa shape index (κ2) is 7.11. The Morgan fingerprint density at radius 2 is 1.89 bits per heavy atom. The number of rotatable bonds is 5. The molecule has 0 spiro atoms. The first-order chi connectivity index (χ1) is 13.1. The van der Waals surface area contributed by atoms with Gasteiger partial charge in [0.1, 0.15) is 11.6 Å². The molecule has 7 heteroatoms. The second-order valence-electron chi connectivity index (χ2n) is 6.63. The van der Waals surface area contributed by atoms with Crippen LogP contribution < -0.4 is 5.32 Å². The topological polar surface area (TPSA) is 68.0 Å². The van der Waals surface area contributed by atoms with Crippen molar-refractivity contribution in [3.05, 3.63) is 72.1 Å². The van der Waals surface area contributed by atoms with Crippen molar-refractivity contribution < 1.29 is 4.39 Å². The van der Waals surface area contributed by atoms with Crippen LogP contribution in [0.4, 0.5) is 10.3 Å². The van der Waals surface area contributed by atoms with Gasteiger partial charge in [-0.1, -0.05) is 12.1 Å². The smallest absolute Gasteiger partial charge is 0.223 e. The first-order valence-corrected chi connectivity index (χ1v) is 8.76. The van der Waals surface area contributed by atoms with E-state index in [4.69, 9.17) is 0 Å². The Kier molecular flexibility index (Phi) is 4.50. The quantitative estimate of drug-likeness (QED) is 0.586. The number of halogens is 1. The van der Waals surface area contributed by atoms with Crippen molar-refractivity contribution >= 4 is 11.6 Å². The Hall–Kier alpha value is -3.35. The predicted molar refractivity (Wildman–Crippen MR) is 102 cm³/mol. The third-order valence-corrected chi connectivity index (χ3v) is 4.13. The number of anilines is 1. The average molecular weight is 362 g/mol. The van der Waals surface area contributed by atoms with Crippen LogP contribution >= 0.6 is 0 Å². The van der Waals surface area contributed by atoms with Crippen LogP contribution in [0.2, 0.25) is 0 Å². The molecule has 6 nitrogen and oxygen atoms in total. The lowest BCUT2D eigenvalue weighted by Gasteiger charge is -2.09. The summed E-state index contributed by atoms with van der Waals surface area (Å²) in [5.74, 6) is 1.15. The van der Waals surface area contributed by atoms with E-state index in [2.05, 4.69) is 25.5 Å². The van der Waals surface area contributed by atoms with Crippen molar-refractivity contribution in [2.24, 2.45) is 0 Å². The van der Waals surface area contributed by atoms with E-state index >= 15 is 0 Å². The molecule has 136 valence electrons. The Balaban J connectivity index is 1.63. The maximum absolute atomic E-state index is 13.1. The summed E-state index contributed by atoms with van der Waals surface area (Å²) >= 11 is 0. The molecule has 0 aliphatic heterocycles. The third-order valence-electron chi connectivity index (χ3n) is 4.13. The van der Waals surface area contributed by atoms with Gasteiger partial charge in [-0.2, -0.15) is 0 Å². The molecule has 0 aliphatic carbocycles. The first-order valence-electron chi connectivity index (χ1n) is 8.76. The third kappa shape index (κ3) is 3.76. The van der Waals surface area contributed by atoms with Gasteiger partial charge >= 0.3 is 0 Å². The summed E-state index contributed by atoms with van der Waals surface area (Å²) in [6.45, 7) is 4.09. The van der Waals surface area contributed by atoms with Crippen LogP contribution in [0.5, 0.6) is 0 Å². The second-order valence-corrected chi connectivity index (χ2v) is 6.63. The Bertz CT molecular complexity index is 1070. The van der Waals surface area contributed by atoms with E-state index in [1.54, 1.807) is 18.3 Å². The predicted octanol–water partition coefficient (Wildman–Crippen LogP) is 3.74. The SMILES string of the molecule is CC(C)Nc1nccc(-c2ccn3c(Cc4ccc(F)cc4)nnc3c2)n1. The zero-order valence-electron chi connectivity index (χ0n) is 15.1. The molecule has 0 amide bonds. The van der Waals surface area contributed by atoms with Gasteiger partial charge < -0.3 is 5.32 Å². The van der Waals surface area contributed by atoms with Crippen LogP contribution in [0.1, 0.15) is 25.2 Å². The highest BCUT2D eigenvalue weighted by Gasteiger charge is 2.10. The molecule has 1 aromatic carbocycles. The Labute approximate surface area is 156 Å². The van der Waals surface area contributed by atoms with Crippen LogP contribution in [-0.4, -0.2) is 30.6 Å². The molecule has 0 saturated heterocycles. The number of hydrogen-bond acceptors (Lipinski definition) is 5. The van der Waals surface area contributed by atoms with Gasteiger partial charge in [0.15, 0.2) is 5.65 Å². The van der Waals surface area contributed by atoms with Gasteiger partial charge in [0.05, 0.1) is 5.69 Å². The van der Waals surface area contributed by atoms with Gasteiger partial charge in [0, 0.05) is 30.4 Å². The molecule has 0 saturated carbocycles. The van der Waals surface area contributed by atoms with Crippen molar-refractivity contribution in [1.82, 2.24) is 24.6 Å². The maximum Gasteiger partial charge on any atom is 0.223 e. The number of pyridine rings is 1. The van der Waals surface area contributed by atoms with Crippen LogP contribution in [0, 0.1) is 5.82 Å². The van der Waals surface area contributed by atoms with Crippen molar-refractivity contribution in [3.63, 3.8) is 0 Å². The van der Waals surface area contributed by atoms with Crippen molar-refractivity contribution in [1.29, 1.82) is 0 Å². The molecule has 4 aromatic rings. The summed E-state index contributed by atoms with van der Waals surface area (Å²) in [5, 5.41) is 11.8. The number of nitrogens with one attached hydrogen (secondary N) is 1. The zero-order valence-corrected chi connectivity index (χ0v) is 15.1. The number of aromatic nitrogens is 5. The van der Waals surface area contributed by atoms with Crippen molar-refractivity contribution in [2.45, 2.75) is 26.3 Å². The van der Waals surface area contributed by atoms with Crippen LogP contribution in [0.25, 0.3) is 16.9 Å². The van der Waals surface area contributed by atoms with E-state index in [1.165, 1.54) is 12.1 Å². The number of hydrogen-bond donors (Lipinski definition) is 1. The molecule has 0 fully saturated rings. The molecule has 27 heavy (non-hydrogen) atoms. The van der Waals surface area contributed by atoms with E-state index < -0.39 is 0 Å². The fourth-order valence-electron chi connectivity index (χ4n) is 2.85. The molecular formula is C20H19FN6. The average Bonchev–Trinajstić information content (AvgIpc) is 3.05. The lowest BCUT2D eigenvalue weighted by Crippen LogP contribution is -2.12. The van der Waals surface area contributed by atoms with E-state index in [1.807, 2.05) is 42.6 Å². The molecule has 0 bridgehead atoms. The van der Waals surface area contributed by atoms with E-state index in [9.17, 15) is 4.39 Å². The van der Waals surface area contributed by atoms with E-state index in [0.29, 0.717) is 12.4 Å². The van der Waals surface area contributed by atoms with Gasteiger partial charge in [-0.3, -0.25) is 4.40 Å². The summed E-state index contributed by atoms with van der Waals surface area (Å²) in [7, 11) is 0. The molecule has 3 heterocycles. The number of nitrogens with zero attached hydrogens (tertiary/aromatic N) is 5. The minimum Gasteiger partial charge on any atom is -0.352 e. The van der Waals surface area contributed by atoms with E-state index in [0.717, 1.165) is 28.3 Å². The standard InChI is InChI=1S/C20H19FN6/c1-13(2)23-20-22-9-7-17(24-20)15-8-10-27-18(25-26-19(27)12-15)11-14-3-5-16(21)6-4-14/h3-10,12-13H,11H2,1-2H3,(H,22,23,24). The fourth-order valence-corrected chi connectivity index (χ4v) is 2.85. The summed E-state index contributed by atoms with van der Waals surface area (Å²) in [4.78, 5) is 8.80. The molecule has 0 unspecified atom stereocenters. The summed E-state index contributed by atoms with van der Waals surface area (Å²) in [6.07, 6.45) is 4.25. The fraction of sp³-hybridized carbons (Fsp3) is 0.200. The summed E-state index contributed by atoms with van der Waals surface area (Å²) in [6, 6.07) is 12.5. The molecule has 4 rings (SSSR count).